The molecule has 0 aromatic heterocycles. The summed E-state index contributed by atoms with van der Waals surface area (Å²) in [6, 6.07) is 13.7. The SMILES string of the molecule is CC(CC#N)CCCC(C)(C)c1ccc2c(c1)C(=O)c1cc(C(C)(C)C)ccc1C2=O. The van der Waals surface area contributed by atoms with E-state index in [-0.39, 0.29) is 22.4 Å². The maximum Gasteiger partial charge on any atom is 0.194 e. The molecule has 31 heavy (non-hydrogen) atoms. The third kappa shape index (κ3) is 4.64. The van der Waals surface area contributed by atoms with E-state index in [9.17, 15) is 9.59 Å². The summed E-state index contributed by atoms with van der Waals surface area (Å²) in [5.74, 6) is 0.271. The topological polar surface area (TPSA) is 57.9 Å². The molecule has 1 atom stereocenters. The lowest BCUT2D eigenvalue weighted by molar-refractivity contribution is 0.0978. The fourth-order valence-corrected chi connectivity index (χ4v) is 4.33. The van der Waals surface area contributed by atoms with Crippen molar-refractivity contribution in [2.75, 3.05) is 0 Å². The number of ketones is 2. The van der Waals surface area contributed by atoms with Crippen molar-refractivity contribution in [3.8, 4) is 6.07 Å². The highest BCUT2D eigenvalue weighted by Gasteiger charge is 2.32. The van der Waals surface area contributed by atoms with E-state index in [0.29, 0.717) is 34.6 Å². The zero-order chi connectivity index (χ0) is 23.0. The molecule has 0 aliphatic heterocycles. The Morgan fingerprint density at radius 3 is 1.90 bits per heavy atom. The van der Waals surface area contributed by atoms with Gasteiger partial charge in [-0.05, 0) is 65.0 Å². The van der Waals surface area contributed by atoms with E-state index < -0.39 is 0 Å². The predicted molar refractivity (Wildman–Crippen MR) is 125 cm³/mol. The van der Waals surface area contributed by atoms with Gasteiger partial charge in [-0.1, -0.05) is 60.1 Å². The van der Waals surface area contributed by atoms with Gasteiger partial charge in [0.15, 0.2) is 11.6 Å². The molecule has 162 valence electrons. The lowest BCUT2D eigenvalue weighted by Crippen LogP contribution is -2.24. The molecule has 0 radical (unpaired) electrons. The molecular weight excluding hydrogens is 382 g/mol. The van der Waals surface area contributed by atoms with E-state index in [1.54, 1.807) is 6.07 Å². The molecule has 2 aromatic rings. The van der Waals surface area contributed by atoms with Crippen LogP contribution < -0.4 is 0 Å². The smallest absolute Gasteiger partial charge is 0.194 e. The summed E-state index contributed by atoms with van der Waals surface area (Å²) >= 11 is 0. The fraction of sp³-hybridized carbons (Fsp3) is 0.464. The number of rotatable bonds is 6. The van der Waals surface area contributed by atoms with E-state index in [4.69, 9.17) is 5.26 Å². The number of carbonyl (C=O) groups excluding carboxylic acids is 2. The van der Waals surface area contributed by atoms with Crippen LogP contribution >= 0.6 is 0 Å². The van der Waals surface area contributed by atoms with Gasteiger partial charge in [0.05, 0.1) is 6.07 Å². The van der Waals surface area contributed by atoms with Crippen molar-refractivity contribution in [2.24, 2.45) is 5.92 Å². The third-order valence-corrected chi connectivity index (χ3v) is 6.60. The molecular formula is C28H33NO2. The monoisotopic (exact) mass is 415 g/mol. The van der Waals surface area contributed by atoms with Crippen LogP contribution in [0.1, 0.15) is 110 Å². The van der Waals surface area contributed by atoms with Crippen LogP contribution in [-0.2, 0) is 10.8 Å². The van der Waals surface area contributed by atoms with E-state index in [1.165, 1.54) is 0 Å². The number of fused-ring (bicyclic) bond motifs is 2. The van der Waals surface area contributed by atoms with Crippen LogP contribution in [0.4, 0.5) is 0 Å². The van der Waals surface area contributed by atoms with E-state index >= 15 is 0 Å². The van der Waals surface area contributed by atoms with Crippen LogP contribution in [0.2, 0.25) is 0 Å². The van der Waals surface area contributed by atoms with E-state index in [0.717, 1.165) is 30.4 Å². The minimum atomic E-state index is -0.113. The van der Waals surface area contributed by atoms with Crippen molar-refractivity contribution in [1.29, 1.82) is 5.26 Å². The lowest BCUT2D eigenvalue weighted by Gasteiger charge is -2.28. The molecule has 1 aliphatic carbocycles. The average Bonchev–Trinajstić information content (AvgIpc) is 2.70. The largest absolute Gasteiger partial charge is 0.289 e. The Morgan fingerprint density at radius 2 is 1.35 bits per heavy atom. The van der Waals surface area contributed by atoms with Gasteiger partial charge in [0.1, 0.15) is 0 Å². The van der Waals surface area contributed by atoms with Gasteiger partial charge in [-0.15, -0.1) is 0 Å². The van der Waals surface area contributed by atoms with Crippen LogP contribution in [0.3, 0.4) is 0 Å². The second-order valence-electron chi connectivity index (χ2n) is 10.7. The number of hydrogen-bond acceptors (Lipinski definition) is 3. The van der Waals surface area contributed by atoms with Crippen LogP contribution in [-0.4, -0.2) is 11.6 Å². The molecule has 0 fully saturated rings. The van der Waals surface area contributed by atoms with Crippen molar-refractivity contribution < 1.29 is 9.59 Å². The van der Waals surface area contributed by atoms with Crippen molar-refractivity contribution in [2.45, 2.75) is 78.1 Å². The Hall–Kier alpha value is -2.73. The molecule has 3 nitrogen and oxygen atoms in total. The first-order valence-electron chi connectivity index (χ1n) is 11.2. The van der Waals surface area contributed by atoms with E-state index in [2.05, 4.69) is 47.6 Å². The maximum absolute atomic E-state index is 13.4. The van der Waals surface area contributed by atoms with Gasteiger partial charge < -0.3 is 0 Å². The zero-order valence-electron chi connectivity index (χ0n) is 19.6. The zero-order valence-corrected chi connectivity index (χ0v) is 19.6. The first-order chi connectivity index (χ1) is 14.5. The molecule has 2 aromatic carbocycles. The molecule has 3 heteroatoms. The van der Waals surface area contributed by atoms with Crippen molar-refractivity contribution in [3.63, 3.8) is 0 Å². The fourth-order valence-electron chi connectivity index (χ4n) is 4.33. The quantitative estimate of drug-likeness (QED) is 0.447. The third-order valence-electron chi connectivity index (χ3n) is 6.60. The van der Waals surface area contributed by atoms with Gasteiger partial charge in [-0.25, -0.2) is 0 Å². The summed E-state index contributed by atoms with van der Waals surface area (Å²) in [5, 5.41) is 8.85. The normalized spacial score (nSPS) is 14.6. The number of benzene rings is 2. The Kier molecular flexibility index (Phi) is 6.23. The standard InChI is InChI=1S/C28H33NO2/c1-18(13-15-29)8-7-14-28(5,6)20-10-12-22-24(17-20)26(31)23-16-19(27(2,3)4)9-11-21(23)25(22)30/h9-12,16-18H,7-8,13-14H2,1-6H3. The molecule has 1 aliphatic rings. The molecule has 0 bridgehead atoms. The van der Waals surface area contributed by atoms with Gasteiger partial charge in [-0.3, -0.25) is 9.59 Å². The molecule has 0 saturated carbocycles. The Bertz CT molecular complexity index is 1060. The molecule has 0 heterocycles. The van der Waals surface area contributed by atoms with Crippen LogP contribution in [0, 0.1) is 17.2 Å². The van der Waals surface area contributed by atoms with Crippen LogP contribution in [0.5, 0.6) is 0 Å². The predicted octanol–water partition coefficient (Wildman–Crippen LogP) is 6.76. The summed E-state index contributed by atoms with van der Waals surface area (Å²) in [5.41, 5.74) is 3.97. The molecule has 1 unspecified atom stereocenters. The van der Waals surface area contributed by atoms with Gasteiger partial charge >= 0.3 is 0 Å². The number of hydrogen-bond donors (Lipinski definition) is 0. The summed E-state index contributed by atoms with van der Waals surface area (Å²) in [6.07, 6.45) is 3.60. The minimum absolute atomic E-state index is 0.0593. The number of nitrogens with zero attached hydrogens (tertiary/aromatic N) is 1. The van der Waals surface area contributed by atoms with Crippen molar-refractivity contribution >= 4 is 11.6 Å². The summed E-state index contributed by atoms with van der Waals surface area (Å²) in [4.78, 5) is 26.5. The Labute approximate surface area is 186 Å². The highest BCUT2D eigenvalue weighted by atomic mass is 16.1. The van der Waals surface area contributed by atoms with Gasteiger partial charge in [0.25, 0.3) is 0 Å². The highest BCUT2D eigenvalue weighted by Crippen LogP contribution is 2.36. The van der Waals surface area contributed by atoms with E-state index in [1.807, 2.05) is 30.3 Å². The first kappa shape index (κ1) is 22.9. The summed E-state index contributed by atoms with van der Waals surface area (Å²) < 4.78 is 0. The lowest BCUT2D eigenvalue weighted by atomic mass is 9.75. The Morgan fingerprint density at radius 1 is 0.839 bits per heavy atom. The summed E-state index contributed by atoms with van der Waals surface area (Å²) in [7, 11) is 0. The molecule has 0 spiro atoms. The second kappa shape index (κ2) is 8.42. The first-order valence-corrected chi connectivity index (χ1v) is 11.2. The summed E-state index contributed by atoms with van der Waals surface area (Å²) in [6.45, 7) is 12.8. The maximum atomic E-state index is 13.4. The van der Waals surface area contributed by atoms with Crippen LogP contribution in [0.25, 0.3) is 0 Å². The van der Waals surface area contributed by atoms with Crippen molar-refractivity contribution in [3.05, 3.63) is 69.8 Å². The molecule has 0 saturated heterocycles. The second-order valence-corrected chi connectivity index (χ2v) is 10.7. The van der Waals surface area contributed by atoms with Gasteiger partial charge in [0, 0.05) is 28.7 Å². The number of nitriles is 1. The van der Waals surface area contributed by atoms with Crippen molar-refractivity contribution in [1.82, 2.24) is 0 Å². The highest BCUT2D eigenvalue weighted by molar-refractivity contribution is 6.28. The molecule has 0 N–H and O–H groups in total. The molecule has 3 rings (SSSR count). The van der Waals surface area contributed by atoms with Gasteiger partial charge in [-0.2, -0.15) is 5.26 Å². The Balaban J connectivity index is 1.91. The number of carbonyl (C=O) groups is 2. The van der Waals surface area contributed by atoms with Gasteiger partial charge in [0.2, 0.25) is 0 Å². The van der Waals surface area contributed by atoms with Crippen LogP contribution in [0.15, 0.2) is 36.4 Å². The minimum Gasteiger partial charge on any atom is -0.289 e. The average molecular weight is 416 g/mol. The molecule has 0 amide bonds.